The van der Waals surface area contributed by atoms with Crippen LogP contribution < -0.4 is 11.5 Å². The van der Waals surface area contributed by atoms with Crippen molar-refractivity contribution < 1.29 is 0 Å². The van der Waals surface area contributed by atoms with Crippen LogP contribution in [0.25, 0.3) is 5.57 Å². The van der Waals surface area contributed by atoms with Crippen molar-refractivity contribution >= 4 is 5.57 Å². The Balaban J connectivity index is 1.80. The Morgan fingerprint density at radius 3 is 2.69 bits per heavy atom. The summed E-state index contributed by atoms with van der Waals surface area (Å²) in [6.45, 7) is 6.36. The SMILES string of the molecule is Cc1ccc2c(n1)C(C)(C)C=C2c1ccnc(C2(N)C=CC=C(N)C2)n1. The number of allylic oxidation sites excluding steroid dienone is 3. The summed E-state index contributed by atoms with van der Waals surface area (Å²) in [6.07, 6.45) is 10.1. The van der Waals surface area contributed by atoms with Crippen LogP contribution in [-0.4, -0.2) is 15.0 Å². The largest absolute Gasteiger partial charge is 0.402 e. The van der Waals surface area contributed by atoms with Crippen molar-refractivity contribution in [1.82, 2.24) is 15.0 Å². The van der Waals surface area contributed by atoms with Gasteiger partial charge in [0, 0.05) is 40.6 Å². The molecule has 0 saturated heterocycles. The fraction of sp³-hybridized carbons (Fsp3) is 0.286. The highest BCUT2D eigenvalue weighted by Gasteiger charge is 2.34. The second kappa shape index (κ2) is 5.61. The zero-order valence-electron chi connectivity index (χ0n) is 15.3. The van der Waals surface area contributed by atoms with Crippen molar-refractivity contribution in [3.63, 3.8) is 0 Å². The maximum absolute atomic E-state index is 6.54. The van der Waals surface area contributed by atoms with Crippen LogP contribution in [0.3, 0.4) is 0 Å². The summed E-state index contributed by atoms with van der Waals surface area (Å²) < 4.78 is 0. The minimum absolute atomic E-state index is 0.139. The number of nitrogens with zero attached hydrogens (tertiary/aromatic N) is 3. The molecule has 0 aromatic carbocycles. The monoisotopic (exact) mass is 345 g/mol. The molecule has 0 amide bonds. The van der Waals surface area contributed by atoms with Gasteiger partial charge in [0.15, 0.2) is 5.82 Å². The van der Waals surface area contributed by atoms with E-state index in [1.165, 1.54) is 0 Å². The quantitative estimate of drug-likeness (QED) is 0.873. The number of fused-ring (bicyclic) bond motifs is 1. The van der Waals surface area contributed by atoms with Crippen LogP contribution in [0.5, 0.6) is 0 Å². The zero-order chi connectivity index (χ0) is 18.5. The summed E-state index contributed by atoms with van der Waals surface area (Å²) in [4.78, 5) is 14.0. The lowest BCUT2D eigenvalue weighted by molar-refractivity contribution is 0.508. The topological polar surface area (TPSA) is 90.7 Å². The molecular weight excluding hydrogens is 322 g/mol. The standard InChI is InChI=1S/C21H23N5/c1-13-6-7-15-16(12-20(2,3)18(15)25-13)17-8-10-24-19(26-17)21(23)9-4-5-14(22)11-21/h4-10,12H,11,22-23H2,1-3H3. The van der Waals surface area contributed by atoms with Crippen molar-refractivity contribution in [3.05, 3.63) is 82.9 Å². The Morgan fingerprint density at radius 1 is 1.12 bits per heavy atom. The lowest BCUT2D eigenvalue weighted by Crippen LogP contribution is -2.39. The van der Waals surface area contributed by atoms with Gasteiger partial charge in [-0.1, -0.05) is 38.1 Å². The van der Waals surface area contributed by atoms with E-state index in [1.54, 1.807) is 6.20 Å². The molecule has 0 spiro atoms. The van der Waals surface area contributed by atoms with Crippen molar-refractivity contribution in [2.24, 2.45) is 11.5 Å². The van der Waals surface area contributed by atoms with E-state index < -0.39 is 5.54 Å². The molecular formula is C21H23N5. The summed E-state index contributed by atoms with van der Waals surface area (Å²) >= 11 is 0. The highest BCUT2D eigenvalue weighted by molar-refractivity contribution is 5.84. The normalized spacial score (nSPS) is 23.4. The molecule has 1 unspecified atom stereocenters. The highest BCUT2D eigenvalue weighted by Crippen LogP contribution is 2.41. The first kappa shape index (κ1) is 16.7. The third-order valence-electron chi connectivity index (χ3n) is 4.99. The van der Waals surface area contributed by atoms with Gasteiger partial charge >= 0.3 is 0 Å². The molecule has 0 saturated carbocycles. The molecule has 0 fully saturated rings. The number of aryl methyl sites for hydroxylation is 1. The van der Waals surface area contributed by atoms with Gasteiger partial charge in [0.25, 0.3) is 0 Å². The van der Waals surface area contributed by atoms with Crippen LogP contribution in [0.4, 0.5) is 0 Å². The average Bonchev–Trinajstić information content (AvgIpc) is 2.86. The fourth-order valence-electron chi connectivity index (χ4n) is 3.67. The maximum Gasteiger partial charge on any atom is 0.153 e. The number of rotatable bonds is 2. The summed E-state index contributed by atoms with van der Waals surface area (Å²) in [5.74, 6) is 0.578. The van der Waals surface area contributed by atoms with Gasteiger partial charge in [-0.2, -0.15) is 0 Å². The third kappa shape index (κ3) is 2.65. The smallest absolute Gasteiger partial charge is 0.153 e. The molecule has 4 rings (SSSR count). The Labute approximate surface area is 153 Å². The minimum Gasteiger partial charge on any atom is -0.402 e. The lowest BCUT2D eigenvalue weighted by Gasteiger charge is -2.27. The first-order valence-electron chi connectivity index (χ1n) is 8.76. The maximum atomic E-state index is 6.54. The first-order valence-corrected chi connectivity index (χ1v) is 8.76. The van der Waals surface area contributed by atoms with Gasteiger partial charge in [0.1, 0.15) is 5.54 Å². The molecule has 132 valence electrons. The van der Waals surface area contributed by atoms with Crippen molar-refractivity contribution in [3.8, 4) is 0 Å². The van der Waals surface area contributed by atoms with Gasteiger partial charge in [-0.05, 0) is 25.1 Å². The number of hydrogen-bond donors (Lipinski definition) is 2. The number of hydrogen-bond acceptors (Lipinski definition) is 5. The summed E-state index contributed by atoms with van der Waals surface area (Å²) in [5.41, 5.74) is 17.5. The summed E-state index contributed by atoms with van der Waals surface area (Å²) in [7, 11) is 0. The van der Waals surface area contributed by atoms with E-state index in [9.17, 15) is 0 Å². The Kier molecular flexibility index (Phi) is 3.59. The van der Waals surface area contributed by atoms with Crippen molar-refractivity contribution in [1.29, 1.82) is 0 Å². The van der Waals surface area contributed by atoms with Crippen LogP contribution in [0.2, 0.25) is 0 Å². The fourth-order valence-corrected chi connectivity index (χ4v) is 3.67. The molecule has 2 aromatic rings. The van der Waals surface area contributed by atoms with Gasteiger partial charge in [-0.15, -0.1) is 0 Å². The van der Waals surface area contributed by atoms with Crippen LogP contribution in [-0.2, 0) is 11.0 Å². The summed E-state index contributed by atoms with van der Waals surface area (Å²) in [5, 5.41) is 0. The molecule has 0 radical (unpaired) electrons. The van der Waals surface area contributed by atoms with E-state index >= 15 is 0 Å². The van der Waals surface area contributed by atoms with Crippen LogP contribution in [0, 0.1) is 6.92 Å². The zero-order valence-corrected chi connectivity index (χ0v) is 15.3. The molecule has 1 atom stereocenters. The third-order valence-corrected chi connectivity index (χ3v) is 4.99. The van der Waals surface area contributed by atoms with E-state index in [0.717, 1.165) is 33.9 Å². The van der Waals surface area contributed by atoms with E-state index in [-0.39, 0.29) is 5.41 Å². The number of nitrogens with two attached hydrogens (primary N) is 2. The predicted octanol–water partition coefficient (Wildman–Crippen LogP) is 2.86. The molecule has 2 aliphatic rings. The molecule has 0 aliphatic heterocycles. The van der Waals surface area contributed by atoms with E-state index in [0.29, 0.717) is 12.2 Å². The molecule has 2 aliphatic carbocycles. The second-order valence-electron chi connectivity index (χ2n) is 7.71. The average molecular weight is 345 g/mol. The van der Waals surface area contributed by atoms with Crippen LogP contribution in [0.1, 0.15) is 48.7 Å². The van der Waals surface area contributed by atoms with Crippen LogP contribution in [0.15, 0.2) is 54.4 Å². The van der Waals surface area contributed by atoms with Gasteiger partial charge in [0.05, 0.1) is 11.4 Å². The van der Waals surface area contributed by atoms with Gasteiger partial charge in [-0.3, -0.25) is 4.98 Å². The minimum atomic E-state index is -0.780. The second-order valence-corrected chi connectivity index (χ2v) is 7.71. The molecule has 2 heterocycles. The van der Waals surface area contributed by atoms with E-state index in [4.69, 9.17) is 21.4 Å². The molecule has 0 bridgehead atoms. The molecule has 2 aromatic heterocycles. The van der Waals surface area contributed by atoms with E-state index in [2.05, 4.69) is 31.0 Å². The Hall–Kier alpha value is -2.79. The van der Waals surface area contributed by atoms with Gasteiger partial charge in [0.2, 0.25) is 0 Å². The van der Waals surface area contributed by atoms with Crippen molar-refractivity contribution in [2.75, 3.05) is 0 Å². The Morgan fingerprint density at radius 2 is 1.92 bits per heavy atom. The lowest BCUT2D eigenvalue weighted by atomic mass is 9.89. The van der Waals surface area contributed by atoms with Gasteiger partial charge in [-0.25, -0.2) is 9.97 Å². The van der Waals surface area contributed by atoms with Gasteiger partial charge < -0.3 is 11.5 Å². The summed E-state index contributed by atoms with van der Waals surface area (Å²) in [6, 6.07) is 6.09. The van der Waals surface area contributed by atoms with Crippen molar-refractivity contribution in [2.45, 2.75) is 38.1 Å². The first-order chi connectivity index (χ1) is 12.3. The number of aromatic nitrogens is 3. The predicted molar refractivity (Wildman–Crippen MR) is 103 cm³/mol. The van der Waals surface area contributed by atoms with Crippen LogP contribution >= 0.6 is 0 Å². The molecule has 26 heavy (non-hydrogen) atoms. The molecule has 4 N–H and O–H groups in total. The Bertz CT molecular complexity index is 984. The highest BCUT2D eigenvalue weighted by atomic mass is 15.0. The molecule has 5 nitrogen and oxygen atoms in total. The van der Waals surface area contributed by atoms with E-state index in [1.807, 2.05) is 37.3 Å². The number of pyridine rings is 1. The molecule has 5 heteroatoms.